The standard InChI is InChI=1S/C5H12FO4P/c1-2-3-4-5-9-11(7,8)10-6/h2-5H2,1H3,(H,7,8). The van der Waals surface area contributed by atoms with Gasteiger partial charge in [-0.05, 0) is 10.9 Å². The summed E-state index contributed by atoms with van der Waals surface area (Å²) in [6.45, 7) is 2.02. The normalized spacial score (nSPS) is 16.3. The van der Waals surface area contributed by atoms with Crippen molar-refractivity contribution >= 4 is 7.82 Å². The third kappa shape index (κ3) is 6.44. The molecule has 0 aromatic carbocycles. The van der Waals surface area contributed by atoms with E-state index in [-0.39, 0.29) is 6.61 Å². The van der Waals surface area contributed by atoms with E-state index < -0.39 is 7.82 Å². The third-order valence-corrected chi connectivity index (χ3v) is 1.77. The minimum absolute atomic E-state index is 0.0472. The maximum atomic E-state index is 11.1. The molecule has 0 saturated heterocycles. The molecule has 68 valence electrons. The Kier molecular flexibility index (Phi) is 5.68. The van der Waals surface area contributed by atoms with Crippen LogP contribution < -0.4 is 0 Å². The molecule has 0 aromatic heterocycles. The first-order valence-electron chi connectivity index (χ1n) is 3.40. The molecule has 0 amide bonds. The summed E-state index contributed by atoms with van der Waals surface area (Å²) in [6, 6.07) is 0. The van der Waals surface area contributed by atoms with Crippen molar-refractivity contribution in [3.63, 3.8) is 0 Å². The lowest BCUT2D eigenvalue weighted by molar-refractivity contribution is -0.0480. The zero-order chi connectivity index (χ0) is 8.74. The molecular formula is C5H12FO4P. The minimum atomic E-state index is -4.38. The quantitative estimate of drug-likeness (QED) is 0.510. The average molecular weight is 186 g/mol. The van der Waals surface area contributed by atoms with Crippen molar-refractivity contribution in [2.45, 2.75) is 26.2 Å². The van der Waals surface area contributed by atoms with Gasteiger partial charge in [-0.15, -0.1) is 0 Å². The van der Waals surface area contributed by atoms with Gasteiger partial charge in [-0.25, -0.2) is 4.57 Å². The van der Waals surface area contributed by atoms with E-state index >= 15 is 0 Å². The Bertz CT molecular complexity index is 140. The first-order chi connectivity index (χ1) is 5.12. The van der Waals surface area contributed by atoms with Gasteiger partial charge in [0.2, 0.25) is 0 Å². The highest BCUT2D eigenvalue weighted by Gasteiger charge is 2.20. The second kappa shape index (κ2) is 5.66. The number of hydrogen-bond donors (Lipinski definition) is 1. The van der Waals surface area contributed by atoms with Crippen LogP contribution in [0.4, 0.5) is 4.53 Å². The Morgan fingerprint density at radius 1 is 1.55 bits per heavy atom. The van der Waals surface area contributed by atoms with E-state index in [2.05, 4.69) is 9.25 Å². The maximum Gasteiger partial charge on any atom is 0.503 e. The first kappa shape index (κ1) is 11.0. The van der Waals surface area contributed by atoms with Gasteiger partial charge < -0.3 is 4.89 Å². The molecule has 0 saturated carbocycles. The number of unbranched alkanes of at least 4 members (excludes halogenated alkanes) is 2. The molecule has 0 spiro atoms. The molecule has 11 heavy (non-hydrogen) atoms. The number of phosphoric ester groups is 1. The van der Waals surface area contributed by atoms with Gasteiger partial charge >= 0.3 is 7.82 Å². The Balaban J connectivity index is 3.31. The van der Waals surface area contributed by atoms with Crippen LogP contribution in [-0.2, 0) is 13.8 Å². The van der Waals surface area contributed by atoms with Crippen LogP contribution in [0.5, 0.6) is 0 Å². The van der Waals surface area contributed by atoms with E-state index in [4.69, 9.17) is 4.89 Å². The predicted octanol–water partition coefficient (Wildman–Crippen LogP) is 2.19. The molecule has 0 radical (unpaired) electrons. The zero-order valence-corrected chi connectivity index (χ0v) is 7.22. The van der Waals surface area contributed by atoms with Crippen LogP contribution in [0.3, 0.4) is 0 Å². The largest absolute Gasteiger partial charge is 0.503 e. The summed E-state index contributed by atoms with van der Waals surface area (Å²) >= 11 is 0. The second-order valence-electron chi connectivity index (χ2n) is 2.08. The molecule has 0 fully saturated rings. The SMILES string of the molecule is CCCCCOP(=O)(O)OF. The van der Waals surface area contributed by atoms with Crippen molar-refractivity contribution in [1.29, 1.82) is 0 Å². The first-order valence-corrected chi connectivity index (χ1v) is 4.89. The zero-order valence-electron chi connectivity index (χ0n) is 6.33. The summed E-state index contributed by atoms with van der Waals surface area (Å²) in [5.41, 5.74) is 0. The Hall–Kier alpha value is 0.0400. The molecule has 0 aliphatic carbocycles. The van der Waals surface area contributed by atoms with Crippen LogP contribution in [0.2, 0.25) is 0 Å². The van der Waals surface area contributed by atoms with Crippen molar-refractivity contribution in [2.75, 3.05) is 6.61 Å². The van der Waals surface area contributed by atoms with E-state index in [1.165, 1.54) is 0 Å². The molecule has 0 bridgehead atoms. The Morgan fingerprint density at radius 2 is 2.18 bits per heavy atom. The fraction of sp³-hybridized carbons (Fsp3) is 1.00. The van der Waals surface area contributed by atoms with Crippen molar-refractivity contribution in [2.24, 2.45) is 0 Å². The summed E-state index contributed by atoms with van der Waals surface area (Å²) in [5.74, 6) is 0. The molecular weight excluding hydrogens is 174 g/mol. The molecule has 6 heteroatoms. The maximum absolute atomic E-state index is 11.1. The van der Waals surface area contributed by atoms with Gasteiger partial charge in [-0.1, -0.05) is 24.5 Å². The van der Waals surface area contributed by atoms with Crippen LogP contribution in [0.15, 0.2) is 0 Å². The van der Waals surface area contributed by atoms with Gasteiger partial charge in [0.15, 0.2) is 0 Å². The molecule has 1 N–H and O–H groups in total. The van der Waals surface area contributed by atoms with E-state index in [9.17, 15) is 9.09 Å². The van der Waals surface area contributed by atoms with Gasteiger partial charge in [0.25, 0.3) is 0 Å². The lowest BCUT2D eigenvalue weighted by Gasteiger charge is -2.04. The van der Waals surface area contributed by atoms with Gasteiger partial charge in [-0.2, -0.15) is 0 Å². The molecule has 1 unspecified atom stereocenters. The molecule has 0 aliphatic heterocycles. The molecule has 0 aromatic rings. The van der Waals surface area contributed by atoms with Gasteiger partial charge in [-0.3, -0.25) is 4.52 Å². The molecule has 0 aliphatic rings. The molecule has 0 rings (SSSR count). The predicted molar refractivity (Wildman–Crippen MR) is 37.5 cm³/mol. The van der Waals surface area contributed by atoms with Crippen LogP contribution in [0.25, 0.3) is 0 Å². The van der Waals surface area contributed by atoms with Gasteiger partial charge in [0, 0.05) is 0 Å². The second-order valence-corrected chi connectivity index (χ2v) is 3.41. The highest BCUT2D eigenvalue weighted by Crippen LogP contribution is 2.43. The lowest BCUT2D eigenvalue weighted by atomic mass is 10.3. The van der Waals surface area contributed by atoms with Gasteiger partial charge in [0.05, 0.1) is 6.61 Å². The third-order valence-electron chi connectivity index (χ3n) is 1.09. The topological polar surface area (TPSA) is 55.8 Å². The summed E-state index contributed by atoms with van der Waals surface area (Å²) in [5, 5.41) is 0. The minimum Gasteiger partial charge on any atom is -0.301 e. The Morgan fingerprint density at radius 3 is 2.64 bits per heavy atom. The van der Waals surface area contributed by atoms with Crippen LogP contribution in [-0.4, -0.2) is 11.5 Å². The molecule has 0 heterocycles. The monoisotopic (exact) mass is 186 g/mol. The van der Waals surface area contributed by atoms with Crippen molar-refractivity contribution in [3.05, 3.63) is 0 Å². The van der Waals surface area contributed by atoms with E-state index in [0.717, 1.165) is 12.8 Å². The van der Waals surface area contributed by atoms with Crippen molar-refractivity contribution in [3.8, 4) is 0 Å². The number of phosphoric acid groups is 1. The lowest BCUT2D eigenvalue weighted by Crippen LogP contribution is -1.92. The highest BCUT2D eigenvalue weighted by atomic mass is 31.2. The summed E-state index contributed by atoms with van der Waals surface area (Å²) in [7, 11) is -4.38. The fourth-order valence-corrected chi connectivity index (χ4v) is 0.952. The van der Waals surface area contributed by atoms with Crippen LogP contribution >= 0.6 is 7.82 Å². The van der Waals surface area contributed by atoms with E-state index in [1.807, 2.05) is 6.92 Å². The highest BCUT2D eigenvalue weighted by molar-refractivity contribution is 7.47. The van der Waals surface area contributed by atoms with Gasteiger partial charge in [0.1, 0.15) is 0 Å². The number of rotatable bonds is 6. The van der Waals surface area contributed by atoms with E-state index in [1.54, 1.807) is 0 Å². The fourth-order valence-electron chi connectivity index (χ4n) is 0.552. The molecule has 1 atom stereocenters. The number of hydrogen-bond acceptors (Lipinski definition) is 3. The summed E-state index contributed by atoms with van der Waals surface area (Å²) in [4.78, 5) is 8.36. The average Bonchev–Trinajstić information content (AvgIpc) is 1.99. The Labute approximate surface area is 64.8 Å². The van der Waals surface area contributed by atoms with Crippen LogP contribution in [0.1, 0.15) is 26.2 Å². The van der Waals surface area contributed by atoms with E-state index in [0.29, 0.717) is 6.42 Å². The smallest absolute Gasteiger partial charge is 0.301 e. The summed E-state index contributed by atoms with van der Waals surface area (Å²) < 4.78 is 28.3. The molecule has 4 nitrogen and oxygen atoms in total. The summed E-state index contributed by atoms with van der Waals surface area (Å²) in [6.07, 6.45) is 2.48. The van der Waals surface area contributed by atoms with Crippen molar-refractivity contribution < 1.29 is 23.2 Å². The number of halogens is 1. The van der Waals surface area contributed by atoms with Crippen molar-refractivity contribution in [1.82, 2.24) is 0 Å². The van der Waals surface area contributed by atoms with Crippen LogP contribution in [0, 0.1) is 0 Å².